The highest BCUT2D eigenvalue weighted by Gasteiger charge is 2.30. The monoisotopic (exact) mass is 574 g/mol. The molecule has 1 aromatic carbocycles. The third-order valence-corrected chi connectivity index (χ3v) is 9.85. The number of thiophene rings is 1. The van der Waals surface area contributed by atoms with Gasteiger partial charge in [-0.15, -0.1) is 11.3 Å². The van der Waals surface area contributed by atoms with Crippen molar-refractivity contribution in [3.63, 3.8) is 0 Å². The summed E-state index contributed by atoms with van der Waals surface area (Å²) in [5, 5.41) is 12.6. The van der Waals surface area contributed by atoms with Crippen molar-refractivity contribution in [2.24, 2.45) is 0 Å². The molecule has 0 spiro atoms. The van der Waals surface area contributed by atoms with Gasteiger partial charge in [-0.05, 0) is 24.1 Å². The molecule has 6 rings (SSSR count). The smallest absolute Gasteiger partial charge is 0.211 e. The third kappa shape index (κ3) is 5.85. The third-order valence-electron chi connectivity index (χ3n) is 7.57. The quantitative estimate of drug-likeness (QED) is 0.400. The maximum atomic E-state index is 12.8. The number of hydrogen-bond acceptors (Lipinski definition) is 11. The Balaban J connectivity index is 1.12. The molecule has 13 heteroatoms. The molecule has 3 aliphatic heterocycles. The minimum atomic E-state index is -3.14. The lowest BCUT2D eigenvalue weighted by atomic mass is 10.1. The molecule has 3 aromatic rings. The summed E-state index contributed by atoms with van der Waals surface area (Å²) >= 11 is 1.41. The van der Waals surface area contributed by atoms with Crippen LogP contribution in [0.4, 0.5) is 11.6 Å². The van der Waals surface area contributed by atoms with Crippen molar-refractivity contribution in [2.75, 3.05) is 75.5 Å². The second kappa shape index (κ2) is 11.2. The zero-order valence-corrected chi connectivity index (χ0v) is 23.5. The van der Waals surface area contributed by atoms with E-state index in [1.807, 2.05) is 29.6 Å². The van der Waals surface area contributed by atoms with Crippen molar-refractivity contribution in [1.29, 1.82) is 0 Å². The Kier molecular flexibility index (Phi) is 7.64. The molecular formula is C26H34N6O5S2. The lowest BCUT2D eigenvalue weighted by Gasteiger charge is -2.43. The molecule has 3 aliphatic rings. The van der Waals surface area contributed by atoms with Gasteiger partial charge < -0.3 is 19.4 Å². The number of sulfonamides is 1. The predicted molar refractivity (Wildman–Crippen MR) is 154 cm³/mol. The summed E-state index contributed by atoms with van der Waals surface area (Å²) in [5.41, 5.74) is 3.47. The molecule has 0 amide bonds. The van der Waals surface area contributed by atoms with E-state index in [0.29, 0.717) is 68.6 Å². The van der Waals surface area contributed by atoms with Crippen molar-refractivity contribution >= 4 is 43.2 Å². The minimum absolute atomic E-state index is 0.0194. The maximum Gasteiger partial charge on any atom is 0.211 e. The van der Waals surface area contributed by atoms with Gasteiger partial charge in [0, 0.05) is 68.5 Å². The molecule has 210 valence electrons. The Morgan fingerprint density at radius 1 is 1.05 bits per heavy atom. The van der Waals surface area contributed by atoms with E-state index in [2.05, 4.69) is 25.8 Å². The predicted octanol–water partition coefficient (Wildman–Crippen LogP) is 1.54. The van der Waals surface area contributed by atoms with Gasteiger partial charge in [0.25, 0.3) is 0 Å². The number of anilines is 2. The molecule has 0 saturated carbocycles. The Morgan fingerprint density at radius 3 is 2.51 bits per heavy atom. The van der Waals surface area contributed by atoms with Gasteiger partial charge in [0.1, 0.15) is 11.0 Å². The maximum absolute atomic E-state index is 12.8. The second-order valence-electron chi connectivity index (χ2n) is 10.1. The average Bonchev–Trinajstić information content (AvgIpc) is 3.38. The van der Waals surface area contributed by atoms with Gasteiger partial charge in [-0.2, -0.15) is 4.31 Å². The number of ether oxygens (including phenoxy) is 1. The number of nitrogens with one attached hydrogen (secondary N) is 3. The minimum Gasteiger partial charge on any atom is -0.439 e. The first-order valence-electron chi connectivity index (χ1n) is 13.3. The molecular weight excluding hydrogens is 540 g/mol. The summed E-state index contributed by atoms with van der Waals surface area (Å²) in [6, 6.07) is 9.72. The number of rotatable bonds is 6. The van der Waals surface area contributed by atoms with Crippen molar-refractivity contribution in [3.05, 3.63) is 45.9 Å². The summed E-state index contributed by atoms with van der Waals surface area (Å²) in [5.74, 6) is 0.593. The van der Waals surface area contributed by atoms with Gasteiger partial charge in [-0.3, -0.25) is 20.3 Å². The lowest BCUT2D eigenvalue weighted by Crippen LogP contribution is -2.64. The van der Waals surface area contributed by atoms with Gasteiger partial charge in [-0.1, -0.05) is 12.1 Å². The van der Waals surface area contributed by atoms with Gasteiger partial charge >= 0.3 is 0 Å². The number of nitrogens with zero attached hydrogens (tertiary/aromatic N) is 3. The molecule has 3 N–H and O–H groups in total. The van der Waals surface area contributed by atoms with Crippen LogP contribution in [0.25, 0.3) is 21.4 Å². The summed E-state index contributed by atoms with van der Waals surface area (Å²) in [6.07, 6.45) is 2.28. The van der Waals surface area contributed by atoms with Crippen LogP contribution in [0.15, 0.2) is 44.9 Å². The fourth-order valence-corrected chi connectivity index (χ4v) is 7.15. The van der Waals surface area contributed by atoms with Gasteiger partial charge in [-0.25, -0.2) is 8.42 Å². The van der Waals surface area contributed by atoms with Crippen molar-refractivity contribution in [1.82, 2.24) is 19.8 Å². The van der Waals surface area contributed by atoms with Gasteiger partial charge in [0.15, 0.2) is 11.5 Å². The topological polar surface area (TPSA) is 119 Å². The molecule has 3 fully saturated rings. The molecule has 0 radical (unpaired) electrons. The first-order chi connectivity index (χ1) is 18.8. The van der Waals surface area contributed by atoms with Crippen LogP contribution in [0.3, 0.4) is 0 Å². The zero-order chi connectivity index (χ0) is 27.0. The number of hydrogen-bond donors (Lipinski definition) is 3. The largest absolute Gasteiger partial charge is 0.439 e. The average molecular weight is 575 g/mol. The summed E-state index contributed by atoms with van der Waals surface area (Å²) in [4.78, 5) is 17.2. The number of piperazine rings is 1. The van der Waals surface area contributed by atoms with Crippen LogP contribution < -0.4 is 26.3 Å². The molecule has 2 atom stereocenters. The summed E-state index contributed by atoms with van der Waals surface area (Å²) in [6.45, 7) is 5.98. The SMILES string of the molecule is CS(=O)(=O)N1CCN(C2CCNC(Nc3ccc(-c4csc5c(=O)cc(N6CCOCC6)oc45)cc3)N2)CC1. The van der Waals surface area contributed by atoms with Crippen LogP contribution in [0.2, 0.25) is 0 Å². The molecule has 3 saturated heterocycles. The Morgan fingerprint density at radius 2 is 1.79 bits per heavy atom. The van der Waals surface area contributed by atoms with E-state index in [1.54, 1.807) is 10.4 Å². The van der Waals surface area contributed by atoms with Gasteiger partial charge in [0.05, 0.1) is 25.6 Å². The summed E-state index contributed by atoms with van der Waals surface area (Å²) < 4.78 is 37.5. The molecule has 11 nitrogen and oxygen atoms in total. The number of morpholine rings is 1. The highest BCUT2D eigenvalue weighted by molar-refractivity contribution is 7.88. The second-order valence-corrected chi connectivity index (χ2v) is 13.0. The van der Waals surface area contributed by atoms with E-state index < -0.39 is 10.0 Å². The molecule has 0 aliphatic carbocycles. The van der Waals surface area contributed by atoms with Crippen LogP contribution in [0.1, 0.15) is 6.42 Å². The van der Waals surface area contributed by atoms with E-state index in [9.17, 15) is 13.2 Å². The lowest BCUT2D eigenvalue weighted by molar-refractivity contribution is 0.0846. The van der Waals surface area contributed by atoms with Crippen LogP contribution >= 0.6 is 11.3 Å². The normalized spacial score (nSPS) is 23.8. The van der Waals surface area contributed by atoms with E-state index in [1.165, 1.54) is 17.6 Å². The summed E-state index contributed by atoms with van der Waals surface area (Å²) in [7, 11) is -3.14. The van der Waals surface area contributed by atoms with Crippen LogP contribution in [0, 0.1) is 0 Å². The van der Waals surface area contributed by atoms with Gasteiger partial charge in [0.2, 0.25) is 15.5 Å². The van der Waals surface area contributed by atoms with Crippen LogP contribution in [0.5, 0.6) is 0 Å². The highest BCUT2D eigenvalue weighted by Crippen LogP contribution is 2.35. The zero-order valence-electron chi connectivity index (χ0n) is 21.9. The standard InChI is InChI=1S/C26H34N6O5S2/c1-39(34,35)32-10-8-30(9-11-32)22-6-7-27-26(29-22)28-19-4-2-18(3-5-19)20-17-38-25-21(33)16-23(37-24(20)25)31-12-14-36-15-13-31/h2-5,16-17,22,26-29H,6-15H2,1H3. The fraction of sp³-hybridized carbons (Fsp3) is 0.500. The highest BCUT2D eigenvalue weighted by atomic mass is 32.2. The van der Waals surface area contributed by atoms with E-state index in [4.69, 9.17) is 9.15 Å². The number of fused-ring (bicyclic) bond motifs is 1. The number of benzene rings is 1. The van der Waals surface area contributed by atoms with Crippen molar-refractivity contribution in [2.45, 2.75) is 18.9 Å². The van der Waals surface area contributed by atoms with Crippen molar-refractivity contribution in [3.8, 4) is 11.1 Å². The molecule has 5 heterocycles. The molecule has 39 heavy (non-hydrogen) atoms. The Hall–Kier alpha value is -2.52. The fourth-order valence-electron chi connectivity index (χ4n) is 5.41. The Bertz CT molecular complexity index is 1460. The first-order valence-corrected chi connectivity index (χ1v) is 16.0. The van der Waals surface area contributed by atoms with Crippen LogP contribution in [-0.4, -0.2) is 95.4 Å². The van der Waals surface area contributed by atoms with Crippen molar-refractivity contribution < 1.29 is 17.6 Å². The first kappa shape index (κ1) is 26.7. The molecule has 2 unspecified atom stereocenters. The van der Waals surface area contributed by atoms with E-state index in [-0.39, 0.29) is 17.9 Å². The van der Waals surface area contributed by atoms with E-state index in [0.717, 1.165) is 29.8 Å². The Labute approximate surface area is 231 Å². The van der Waals surface area contributed by atoms with E-state index >= 15 is 0 Å². The molecule has 0 bridgehead atoms. The van der Waals surface area contributed by atoms with Crippen LogP contribution in [-0.2, 0) is 14.8 Å². The molecule has 2 aromatic heterocycles.